The van der Waals surface area contributed by atoms with E-state index in [1.54, 1.807) is 11.8 Å². The van der Waals surface area contributed by atoms with Crippen molar-refractivity contribution in [1.82, 2.24) is 10.1 Å². The Hall–Kier alpha value is -1.33. The summed E-state index contributed by atoms with van der Waals surface area (Å²) < 4.78 is 5.26. The van der Waals surface area contributed by atoms with Gasteiger partial charge in [-0.15, -0.1) is 11.8 Å². The van der Waals surface area contributed by atoms with Gasteiger partial charge in [0.1, 0.15) is 0 Å². The van der Waals surface area contributed by atoms with Gasteiger partial charge >= 0.3 is 0 Å². The van der Waals surface area contributed by atoms with Crippen molar-refractivity contribution < 1.29 is 4.52 Å². The Bertz CT molecular complexity index is 534. The Labute approximate surface area is 124 Å². The normalized spacial score (nSPS) is 13.4. The first kappa shape index (κ1) is 15.1. The number of hydrogen-bond donors (Lipinski definition) is 1. The van der Waals surface area contributed by atoms with E-state index in [0.717, 1.165) is 5.82 Å². The van der Waals surface area contributed by atoms with Gasteiger partial charge in [-0.25, -0.2) is 0 Å². The molecule has 2 rings (SSSR count). The summed E-state index contributed by atoms with van der Waals surface area (Å²) in [5.41, 5.74) is 6.16. The van der Waals surface area contributed by atoms with Crippen LogP contribution in [0.15, 0.2) is 39.8 Å². The van der Waals surface area contributed by atoms with E-state index in [0.29, 0.717) is 18.1 Å². The zero-order valence-electron chi connectivity index (χ0n) is 12.2. The summed E-state index contributed by atoms with van der Waals surface area (Å²) in [5, 5.41) is 4.00. The molecule has 0 saturated heterocycles. The summed E-state index contributed by atoms with van der Waals surface area (Å²) in [6.07, 6.45) is 0.618. The number of nitrogens with two attached hydrogens (primary N) is 1. The van der Waals surface area contributed by atoms with E-state index in [1.807, 2.05) is 18.2 Å². The minimum absolute atomic E-state index is 0.0116. The predicted molar refractivity (Wildman–Crippen MR) is 81.4 cm³/mol. The van der Waals surface area contributed by atoms with Gasteiger partial charge in [-0.3, -0.25) is 0 Å². The molecule has 1 aromatic carbocycles. The Morgan fingerprint density at radius 1 is 1.25 bits per heavy atom. The van der Waals surface area contributed by atoms with Gasteiger partial charge < -0.3 is 10.3 Å². The van der Waals surface area contributed by atoms with E-state index < -0.39 is 0 Å². The zero-order chi connectivity index (χ0) is 14.6. The molecule has 1 atom stereocenters. The summed E-state index contributed by atoms with van der Waals surface area (Å²) in [6, 6.07) is 10.2. The van der Waals surface area contributed by atoms with Gasteiger partial charge in [0.05, 0.1) is 5.75 Å². The van der Waals surface area contributed by atoms with Gasteiger partial charge in [0.2, 0.25) is 5.89 Å². The van der Waals surface area contributed by atoms with Crippen LogP contribution < -0.4 is 5.73 Å². The predicted octanol–water partition coefficient (Wildman–Crippen LogP) is 3.28. The van der Waals surface area contributed by atoms with Crippen molar-refractivity contribution in [3.63, 3.8) is 0 Å². The van der Waals surface area contributed by atoms with Crippen LogP contribution in [-0.4, -0.2) is 16.2 Å². The van der Waals surface area contributed by atoms with Gasteiger partial charge in [-0.05, 0) is 17.5 Å². The average molecular weight is 291 g/mol. The van der Waals surface area contributed by atoms with Crippen LogP contribution in [0.3, 0.4) is 0 Å². The van der Waals surface area contributed by atoms with E-state index in [-0.39, 0.29) is 11.5 Å². The summed E-state index contributed by atoms with van der Waals surface area (Å²) in [7, 11) is 0. The number of thioether (sulfide) groups is 1. The minimum Gasteiger partial charge on any atom is -0.339 e. The molecule has 1 aromatic heterocycles. The van der Waals surface area contributed by atoms with Crippen molar-refractivity contribution in [2.75, 3.05) is 0 Å². The summed E-state index contributed by atoms with van der Waals surface area (Å²) in [4.78, 5) is 5.60. The molecule has 5 heteroatoms. The molecule has 2 aromatic rings. The molecule has 0 aliphatic heterocycles. The molecule has 0 spiro atoms. The maximum Gasteiger partial charge on any atom is 0.228 e. The van der Waals surface area contributed by atoms with Crippen LogP contribution in [0.2, 0.25) is 0 Å². The molecule has 0 saturated carbocycles. The highest BCUT2D eigenvalue weighted by atomic mass is 32.2. The monoisotopic (exact) mass is 291 g/mol. The molecule has 108 valence electrons. The second-order valence-corrected chi connectivity index (χ2v) is 6.93. The van der Waals surface area contributed by atoms with E-state index in [2.05, 4.69) is 43.0 Å². The van der Waals surface area contributed by atoms with Gasteiger partial charge in [0, 0.05) is 17.4 Å². The first-order valence-corrected chi connectivity index (χ1v) is 7.68. The molecule has 1 heterocycles. The van der Waals surface area contributed by atoms with Crippen molar-refractivity contribution in [3.8, 4) is 0 Å². The van der Waals surface area contributed by atoms with Crippen molar-refractivity contribution in [2.24, 2.45) is 11.1 Å². The van der Waals surface area contributed by atoms with Crippen molar-refractivity contribution in [3.05, 3.63) is 42.0 Å². The van der Waals surface area contributed by atoms with E-state index in [1.165, 1.54) is 4.90 Å². The quantitative estimate of drug-likeness (QED) is 0.856. The number of rotatable bonds is 5. The van der Waals surface area contributed by atoms with Crippen LogP contribution in [0.5, 0.6) is 0 Å². The number of nitrogens with zero attached hydrogens (tertiary/aromatic N) is 2. The second kappa shape index (κ2) is 6.41. The topological polar surface area (TPSA) is 64.9 Å². The molecular formula is C15H21N3OS. The Morgan fingerprint density at radius 3 is 2.60 bits per heavy atom. The Morgan fingerprint density at radius 2 is 1.95 bits per heavy atom. The van der Waals surface area contributed by atoms with E-state index in [9.17, 15) is 0 Å². The maximum atomic E-state index is 6.12. The third-order valence-corrected chi connectivity index (χ3v) is 4.14. The summed E-state index contributed by atoms with van der Waals surface area (Å²) in [5.74, 6) is 2.05. The van der Waals surface area contributed by atoms with Gasteiger partial charge in [-0.1, -0.05) is 44.1 Å². The molecule has 0 bridgehead atoms. The lowest BCUT2D eigenvalue weighted by Crippen LogP contribution is -2.36. The smallest absolute Gasteiger partial charge is 0.228 e. The third kappa shape index (κ3) is 4.35. The molecule has 4 nitrogen and oxygen atoms in total. The largest absolute Gasteiger partial charge is 0.339 e. The van der Waals surface area contributed by atoms with Gasteiger partial charge in [-0.2, -0.15) is 4.98 Å². The van der Waals surface area contributed by atoms with E-state index in [4.69, 9.17) is 10.3 Å². The molecule has 0 radical (unpaired) electrons. The molecular weight excluding hydrogens is 270 g/mol. The highest BCUT2D eigenvalue weighted by Crippen LogP contribution is 2.22. The van der Waals surface area contributed by atoms with Crippen molar-refractivity contribution in [1.29, 1.82) is 0 Å². The van der Waals surface area contributed by atoms with Gasteiger partial charge in [0.25, 0.3) is 0 Å². The van der Waals surface area contributed by atoms with Crippen molar-refractivity contribution >= 4 is 11.8 Å². The van der Waals surface area contributed by atoms with Crippen LogP contribution >= 0.6 is 11.8 Å². The lowest BCUT2D eigenvalue weighted by atomic mass is 9.85. The fourth-order valence-corrected chi connectivity index (χ4v) is 2.35. The minimum atomic E-state index is 0.0116. The average Bonchev–Trinajstić information content (AvgIpc) is 2.84. The highest BCUT2D eigenvalue weighted by molar-refractivity contribution is 7.98. The fourth-order valence-electron chi connectivity index (χ4n) is 1.59. The molecule has 0 fully saturated rings. The number of aromatic nitrogens is 2. The van der Waals surface area contributed by atoms with Crippen LogP contribution in [0.1, 0.15) is 32.5 Å². The molecule has 2 N–H and O–H groups in total. The Kier molecular flexibility index (Phi) is 4.83. The van der Waals surface area contributed by atoms with Crippen molar-refractivity contribution in [2.45, 2.75) is 43.9 Å². The molecule has 1 unspecified atom stereocenters. The molecule has 0 aliphatic rings. The molecule has 0 amide bonds. The summed E-state index contributed by atoms with van der Waals surface area (Å²) >= 11 is 1.70. The zero-order valence-corrected chi connectivity index (χ0v) is 13.0. The maximum absolute atomic E-state index is 6.12. The lowest BCUT2D eigenvalue weighted by molar-refractivity contribution is 0.285. The van der Waals surface area contributed by atoms with Crippen LogP contribution in [0.25, 0.3) is 0 Å². The standard InChI is InChI=1S/C15H21N3OS/c1-15(2,3)12(16)9-14-17-13(18-19-14)10-20-11-7-5-4-6-8-11/h4-8,12H,9-10,16H2,1-3H3. The molecule has 0 aliphatic carbocycles. The lowest BCUT2D eigenvalue weighted by Gasteiger charge is -2.25. The number of benzene rings is 1. The fraction of sp³-hybridized carbons (Fsp3) is 0.467. The highest BCUT2D eigenvalue weighted by Gasteiger charge is 2.23. The van der Waals surface area contributed by atoms with E-state index >= 15 is 0 Å². The Balaban J connectivity index is 1.89. The summed E-state index contributed by atoms with van der Waals surface area (Å²) in [6.45, 7) is 6.33. The first-order valence-electron chi connectivity index (χ1n) is 6.70. The van der Waals surface area contributed by atoms with Gasteiger partial charge in [0.15, 0.2) is 5.82 Å². The third-order valence-electron chi connectivity index (χ3n) is 3.13. The number of hydrogen-bond acceptors (Lipinski definition) is 5. The first-order chi connectivity index (χ1) is 9.45. The van der Waals surface area contributed by atoms with Crippen LogP contribution in [-0.2, 0) is 12.2 Å². The second-order valence-electron chi connectivity index (χ2n) is 5.88. The van der Waals surface area contributed by atoms with Crippen LogP contribution in [0, 0.1) is 5.41 Å². The SMILES string of the molecule is CC(C)(C)C(N)Cc1nc(CSc2ccccc2)no1. The van der Waals surface area contributed by atoms with Crippen LogP contribution in [0.4, 0.5) is 0 Å². The molecule has 20 heavy (non-hydrogen) atoms.